The van der Waals surface area contributed by atoms with Crippen LogP contribution in [0.1, 0.15) is 37.2 Å². The summed E-state index contributed by atoms with van der Waals surface area (Å²) in [4.78, 5) is 22.8. The van der Waals surface area contributed by atoms with E-state index in [0.717, 1.165) is 25.9 Å². The second-order valence-electron chi connectivity index (χ2n) is 7.31. The number of carbonyl (C=O) groups excluding carboxylic acids is 1. The SMILES string of the molecule is Cc1cc(NS(=O)(=O)c2ccc(NC(=O)CN3CCCCCC3)cc2)nc(C)n1. The zero-order valence-corrected chi connectivity index (χ0v) is 17.6. The van der Waals surface area contributed by atoms with Gasteiger partial charge in [-0.05, 0) is 64.0 Å². The Morgan fingerprint density at radius 2 is 1.69 bits per heavy atom. The first-order chi connectivity index (χ1) is 13.8. The summed E-state index contributed by atoms with van der Waals surface area (Å²) >= 11 is 0. The quantitative estimate of drug-likeness (QED) is 0.749. The van der Waals surface area contributed by atoms with Gasteiger partial charge in [0.05, 0.1) is 11.4 Å². The average Bonchev–Trinajstić information content (AvgIpc) is 2.89. The number of likely N-dealkylation sites (tertiary alicyclic amines) is 1. The zero-order chi connectivity index (χ0) is 20.9. The molecular weight excluding hydrogens is 390 g/mol. The largest absolute Gasteiger partial charge is 0.325 e. The van der Waals surface area contributed by atoms with E-state index in [1.54, 1.807) is 32.0 Å². The molecule has 1 aliphatic heterocycles. The summed E-state index contributed by atoms with van der Waals surface area (Å²) in [6.07, 6.45) is 4.68. The van der Waals surface area contributed by atoms with Gasteiger partial charge in [0.2, 0.25) is 5.91 Å². The number of sulfonamides is 1. The molecule has 0 saturated carbocycles. The predicted molar refractivity (Wildman–Crippen MR) is 112 cm³/mol. The second-order valence-corrected chi connectivity index (χ2v) is 8.99. The van der Waals surface area contributed by atoms with Crippen LogP contribution < -0.4 is 10.0 Å². The summed E-state index contributed by atoms with van der Waals surface area (Å²) in [7, 11) is -3.78. The topological polar surface area (TPSA) is 104 Å². The number of nitrogens with zero attached hydrogens (tertiary/aromatic N) is 3. The van der Waals surface area contributed by atoms with Crippen molar-refractivity contribution in [1.82, 2.24) is 14.9 Å². The average molecular weight is 418 g/mol. The molecule has 0 bridgehead atoms. The lowest BCUT2D eigenvalue weighted by Crippen LogP contribution is -2.33. The number of aromatic nitrogens is 2. The second kappa shape index (κ2) is 9.32. The number of nitrogens with one attached hydrogen (secondary N) is 2. The molecule has 1 aliphatic rings. The van der Waals surface area contributed by atoms with E-state index in [2.05, 4.69) is 24.9 Å². The summed E-state index contributed by atoms with van der Waals surface area (Å²) in [6.45, 7) is 5.72. The van der Waals surface area contributed by atoms with E-state index in [0.29, 0.717) is 23.8 Å². The van der Waals surface area contributed by atoms with Gasteiger partial charge in [0.15, 0.2) is 0 Å². The number of amides is 1. The van der Waals surface area contributed by atoms with E-state index in [9.17, 15) is 13.2 Å². The fraction of sp³-hybridized carbons (Fsp3) is 0.450. The minimum absolute atomic E-state index is 0.0902. The van der Waals surface area contributed by atoms with Crippen molar-refractivity contribution in [2.75, 3.05) is 29.7 Å². The first-order valence-electron chi connectivity index (χ1n) is 9.79. The van der Waals surface area contributed by atoms with Crippen LogP contribution in [0.3, 0.4) is 0 Å². The lowest BCUT2D eigenvalue weighted by Gasteiger charge is -2.19. The Labute approximate surface area is 171 Å². The van der Waals surface area contributed by atoms with Gasteiger partial charge < -0.3 is 5.32 Å². The highest BCUT2D eigenvalue weighted by Crippen LogP contribution is 2.18. The van der Waals surface area contributed by atoms with E-state index in [1.807, 2.05) is 0 Å². The number of carbonyl (C=O) groups is 1. The third-order valence-electron chi connectivity index (χ3n) is 4.72. The van der Waals surface area contributed by atoms with Gasteiger partial charge in [0.25, 0.3) is 10.0 Å². The van der Waals surface area contributed by atoms with E-state index in [1.165, 1.54) is 25.0 Å². The van der Waals surface area contributed by atoms with Gasteiger partial charge in [0.1, 0.15) is 11.6 Å². The van der Waals surface area contributed by atoms with Crippen LogP contribution in [-0.4, -0.2) is 48.8 Å². The first-order valence-corrected chi connectivity index (χ1v) is 11.3. The molecule has 1 aromatic heterocycles. The number of hydrogen-bond donors (Lipinski definition) is 2. The van der Waals surface area contributed by atoms with Crippen molar-refractivity contribution in [3.05, 3.63) is 41.9 Å². The fourth-order valence-corrected chi connectivity index (χ4v) is 4.37. The summed E-state index contributed by atoms with van der Waals surface area (Å²) in [5, 5.41) is 2.84. The van der Waals surface area contributed by atoms with Gasteiger partial charge in [-0.2, -0.15) is 0 Å². The van der Waals surface area contributed by atoms with Crippen LogP contribution in [0.4, 0.5) is 11.5 Å². The Bertz CT molecular complexity index is 932. The molecule has 0 unspecified atom stereocenters. The normalized spacial score (nSPS) is 15.5. The molecule has 1 fully saturated rings. The molecule has 0 aliphatic carbocycles. The maximum absolute atomic E-state index is 12.6. The van der Waals surface area contributed by atoms with Crippen molar-refractivity contribution in [3.63, 3.8) is 0 Å². The zero-order valence-electron chi connectivity index (χ0n) is 16.8. The van der Waals surface area contributed by atoms with E-state index < -0.39 is 10.0 Å². The van der Waals surface area contributed by atoms with E-state index in [-0.39, 0.29) is 16.6 Å². The Hall–Kier alpha value is -2.52. The summed E-state index contributed by atoms with van der Waals surface area (Å²) in [5.74, 6) is 0.627. The Balaban J connectivity index is 1.61. The molecule has 2 aromatic rings. The lowest BCUT2D eigenvalue weighted by atomic mass is 10.2. The van der Waals surface area contributed by atoms with Crippen molar-refractivity contribution in [2.24, 2.45) is 0 Å². The third-order valence-corrected chi connectivity index (χ3v) is 6.09. The molecule has 0 radical (unpaired) electrons. The van der Waals surface area contributed by atoms with Crippen LogP contribution in [0.25, 0.3) is 0 Å². The minimum atomic E-state index is -3.78. The van der Waals surface area contributed by atoms with Crippen LogP contribution in [-0.2, 0) is 14.8 Å². The maximum Gasteiger partial charge on any atom is 0.263 e. The Kier molecular flexibility index (Phi) is 6.81. The Morgan fingerprint density at radius 1 is 1.03 bits per heavy atom. The molecule has 8 nitrogen and oxygen atoms in total. The summed E-state index contributed by atoms with van der Waals surface area (Å²) in [6, 6.07) is 7.67. The molecule has 0 spiro atoms. The Morgan fingerprint density at radius 3 is 2.31 bits per heavy atom. The molecule has 2 N–H and O–H groups in total. The third kappa shape index (κ3) is 6.23. The van der Waals surface area contributed by atoms with E-state index in [4.69, 9.17) is 0 Å². The number of rotatable bonds is 6. The number of anilines is 2. The highest BCUT2D eigenvalue weighted by molar-refractivity contribution is 7.92. The maximum atomic E-state index is 12.6. The van der Waals surface area contributed by atoms with Crippen LogP contribution in [0.5, 0.6) is 0 Å². The molecule has 9 heteroatoms. The van der Waals surface area contributed by atoms with Crippen molar-refractivity contribution < 1.29 is 13.2 Å². The monoisotopic (exact) mass is 417 g/mol. The van der Waals surface area contributed by atoms with E-state index >= 15 is 0 Å². The first kappa shape index (κ1) is 21.2. The lowest BCUT2D eigenvalue weighted by molar-refractivity contribution is -0.117. The van der Waals surface area contributed by atoms with Gasteiger partial charge in [-0.25, -0.2) is 18.4 Å². The minimum Gasteiger partial charge on any atom is -0.325 e. The van der Waals surface area contributed by atoms with Gasteiger partial charge in [0, 0.05) is 17.4 Å². The summed E-state index contributed by atoms with van der Waals surface area (Å²) in [5.41, 5.74) is 1.25. The van der Waals surface area contributed by atoms with Crippen molar-refractivity contribution >= 4 is 27.4 Å². The molecular formula is C20H27N5O3S. The van der Waals surface area contributed by atoms with Crippen LogP contribution >= 0.6 is 0 Å². The van der Waals surface area contributed by atoms with Gasteiger partial charge in [-0.15, -0.1) is 0 Å². The van der Waals surface area contributed by atoms with Crippen molar-refractivity contribution in [1.29, 1.82) is 0 Å². The molecule has 2 heterocycles. The summed E-state index contributed by atoms with van der Waals surface area (Å²) < 4.78 is 27.6. The molecule has 1 amide bonds. The molecule has 1 saturated heterocycles. The van der Waals surface area contributed by atoms with Crippen LogP contribution in [0, 0.1) is 13.8 Å². The highest BCUT2D eigenvalue weighted by Gasteiger charge is 2.17. The van der Waals surface area contributed by atoms with Crippen LogP contribution in [0.15, 0.2) is 35.2 Å². The number of hydrogen-bond acceptors (Lipinski definition) is 6. The smallest absolute Gasteiger partial charge is 0.263 e. The van der Waals surface area contributed by atoms with Crippen molar-refractivity contribution in [2.45, 2.75) is 44.4 Å². The highest BCUT2D eigenvalue weighted by atomic mass is 32.2. The fourth-order valence-electron chi connectivity index (χ4n) is 3.38. The van der Waals surface area contributed by atoms with Gasteiger partial charge in [-0.1, -0.05) is 12.8 Å². The predicted octanol–water partition coefficient (Wildman–Crippen LogP) is 2.71. The van der Waals surface area contributed by atoms with Gasteiger partial charge in [-0.3, -0.25) is 14.4 Å². The molecule has 156 valence electrons. The molecule has 29 heavy (non-hydrogen) atoms. The molecule has 3 rings (SSSR count). The molecule has 1 aromatic carbocycles. The molecule has 0 atom stereocenters. The van der Waals surface area contributed by atoms with Gasteiger partial charge >= 0.3 is 0 Å². The number of aryl methyl sites for hydroxylation is 2. The standard InChI is InChI=1S/C20H27N5O3S/c1-15-13-19(22-16(2)21-15)24-29(27,28)18-9-7-17(8-10-18)23-20(26)14-25-11-5-3-4-6-12-25/h7-10,13H,3-6,11-12,14H2,1-2H3,(H,23,26)(H,21,22,24). The van der Waals surface area contributed by atoms with Crippen molar-refractivity contribution in [3.8, 4) is 0 Å². The van der Waals surface area contributed by atoms with Crippen LogP contribution in [0.2, 0.25) is 0 Å². The number of benzene rings is 1.